The lowest BCUT2D eigenvalue weighted by Gasteiger charge is -2.00. The zero-order valence-electron chi connectivity index (χ0n) is 10.8. The predicted molar refractivity (Wildman–Crippen MR) is 77.9 cm³/mol. The molecule has 1 N–H and O–H groups in total. The van der Waals surface area contributed by atoms with Gasteiger partial charge in [-0.2, -0.15) is 5.10 Å². The lowest BCUT2D eigenvalue weighted by molar-refractivity contribution is -0.419. The van der Waals surface area contributed by atoms with Crippen LogP contribution in [0.15, 0.2) is 58.4 Å². The highest BCUT2D eigenvalue weighted by atomic mass is 16.6. The molecule has 1 aromatic carbocycles. The highest BCUT2D eigenvalue weighted by molar-refractivity contribution is 6.53. The number of carbonyl (C=O) groups is 1. The molecule has 7 heteroatoms. The highest BCUT2D eigenvalue weighted by Crippen LogP contribution is 2.22. The maximum absolute atomic E-state index is 11.8. The molecule has 0 saturated carbocycles. The number of amides is 1. The van der Waals surface area contributed by atoms with E-state index < -0.39 is 4.92 Å². The van der Waals surface area contributed by atoms with Crippen molar-refractivity contribution in [1.82, 2.24) is 0 Å². The third-order valence-electron chi connectivity index (χ3n) is 3.10. The van der Waals surface area contributed by atoms with Gasteiger partial charge in [0.1, 0.15) is 0 Å². The van der Waals surface area contributed by atoms with Gasteiger partial charge in [0.2, 0.25) is 0 Å². The minimum absolute atomic E-state index is 0.0329. The maximum Gasteiger partial charge on any atom is 0.276 e. The van der Waals surface area contributed by atoms with Crippen LogP contribution in [-0.2, 0) is 4.79 Å². The number of nitro groups is 1. The maximum atomic E-state index is 11.8. The number of allylic oxidation sites excluding steroid dienone is 3. The molecule has 1 heterocycles. The fourth-order valence-electron chi connectivity index (χ4n) is 2.05. The number of benzene rings is 1. The summed E-state index contributed by atoms with van der Waals surface area (Å²) >= 11 is 0. The first-order valence-electron chi connectivity index (χ1n) is 6.23. The van der Waals surface area contributed by atoms with E-state index in [-0.39, 0.29) is 17.3 Å². The Labute approximate surface area is 119 Å². The number of carbonyl (C=O) groups excluding carboxylic acids is 1. The SMILES string of the molecule is O=C1Nc2ccccc2C1=NN=C1C=CC([N+](=O)[O-])=CC1. The van der Waals surface area contributed by atoms with Crippen molar-refractivity contribution >= 4 is 23.0 Å². The lowest BCUT2D eigenvalue weighted by Crippen LogP contribution is -2.14. The molecule has 1 aromatic rings. The van der Waals surface area contributed by atoms with Gasteiger partial charge in [0.05, 0.1) is 16.3 Å². The van der Waals surface area contributed by atoms with Crippen LogP contribution in [0.25, 0.3) is 0 Å². The van der Waals surface area contributed by atoms with E-state index in [9.17, 15) is 14.9 Å². The van der Waals surface area contributed by atoms with Crippen LogP contribution < -0.4 is 5.32 Å². The van der Waals surface area contributed by atoms with Crippen LogP contribution in [0.5, 0.6) is 0 Å². The Hall–Kier alpha value is -3.09. The normalized spacial score (nSPS) is 20.4. The average Bonchev–Trinajstić information content (AvgIpc) is 2.81. The Morgan fingerprint density at radius 3 is 2.71 bits per heavy atom. The summed E-state index contributed by atoms with van der Waals surface area (Å²) in [5, 5.41) is 21.3. The highest BCUT2D eigenvalue weighted by Gasteiger charge is 2.25. The smallest absolute Gasteiger partial charge is 0.276 e. The van der Waals surface area contributed by atoms with Gasteiger partial charge in [-0.05, 0) is 18.2 Å². The van der Waals surface area contributed by atoms with Gasteiger partial charge in [-0.25, -0.2) is 0 Å². The number of rotatable bonds is 2. The Balaban J connectivity index is 1.85. The van der Waals surface area contributed by atoms with Crippen molar-refractivity contribution in [3.8, 4) is 0 Å². The number of nitrogens with zero attached hydrogens (tertiary/aromatic N) is 3. The zero-order chi connectivity index (χ0) is 14.8. The van der Waals surface area contributed by atoms with Crippen LogP contribution in [0.1, 0.15) is 12.0 Å². The van der Waals surface area contributed by atoms with Gasteiger partial charge in [-0.3, -0.25) is 14.9 Å². The minimum Gasteiger partial charge on any atom is -0.320 e. The number of anilines is 1. The molecule has 1 aliphatic heterocycles. The third kappa shape index (κ3) is 2.48. The van der Waals surface area contributed by atoms with Crippen molar-refractivity contribution in [3.63, 3.8) is 0 Å². The topological polar surface area (TPSA) is 97.0 Å². The second-order valence-electron chi connectivity index (χ2n) is 4.46. The molecule has 1 aliphatic carbocycles. The van der Waals surface area contributed by atoms with E-state index in [1.807, 2.05) is 12.1 Å². The molecule has 0 bridgehead atoms. The van der Waals surface area contributed by atoms with Crippen LogP contribution in [0.3, 0.4) is 0 Å². The number of hydrogen-bond donors (Lipinski definition) is 1. The molecule has 0 saturated heterocycles. The third-order valence-corrected chi connectivity index (χ3v) is 3.10. The first kappa shape index (κ1) is 12.9. The van der Waals surface area contributed by atoms with Crippen molar-refractivity contribution in [1.29, 1.82) is 0 Å². The van der Waals surface area contributed by atoms with Crippen molar-refractivity contribution < 1.29 is 9.72 Å². The molecule has 0 spiro atoms. The Morgan fingerprint density at radius 2 is 2.00 bits per heavy atom. The van der Waals surface area contributed by atoms with Crippen molar-refractivity contribution in [2.24, 2.45) is 10.2 Å². The molecule has 0 unspecified atom stereocenters. The van der Waals surface area contributed by atoms with Crippen molar-refractivity contribution in [2.75, 3.05) is 5.32 Å². The summed E-state index contributed by atoms with van der Waals surface area (Å²) in [5.41, 5.74) is 2.25. The average molecular weight is 282 g/mol. The van der Waals surface area contributed by atoms with Crippen molar-refractivity contribution in [3.05, 3.63) is 63.9 Å². The van der Waals surface area contributed by atoms with E-state index in [1.165, 1.54) is 18.2 Å². The van der Waals surface area contributed by atoms with E-state index in [2.05, 4.69) is 15.5 Å². The van der Waals surface area contributed by atoms with Gasteiger partial charge in [-0.15, -0.1) is 5.10 Å². The number of hydrogen-bond acceptors (Lipinski definition) is 5. The standard InChI is InChI=1S/C14H10N4O3/c19-14-13(11-3-1-2-4-12(11)15-14)17-16-9-5-7-10(8-6-9)18(20)21/h1-5,7-8H,6H2,(H,15,17,19). The molecule has 3 rings (SSSR count). The number of nitrogens with one attached hydrogen (secondary N) is 1. The van der Waals surface area contributed by atoms with Gasteiger partial charge in [0.25, 0.3) is 11.6 Å². The molecular weight excluding hydrogens is 272 g/mol. The molecule has 104 valence electrons. The molecule has 0 fully saturated rings. The molecule has 7 nitrogen and oxygen atoms in total. The summed E-state index contributed by atoms with van der Waals surface area (Å²) in [7, 11) is 0. The molecular formula is C14H10N4O3. The molecule has 0 aromatic heterocycles. The molecule has 21 heavy (non-hydrogen) atoms. The van der Waals surface area contributed by atoms with Crippen molar-refractivity contribution in [2.45, 2.75) is 6.42 Å². The van der Waals surface area contributed by atoms with E-state index in [4.69, 9.17) is 0 Å². The first-order chi connectivity index (χ1) is 10.1. The Bertz CT molecular complexity index is 759. The minimum atomic E-state index is -0.458. The quantitative estimate of drug-likeness (QED) is 0.662. The fraction of sp³-hybridized carbons (Fsp3) is 0.0714. The second-order valence-corrected chi connectivity index (χ2v) is 4.46. The van der Waals surface area contributed by atoms with Crippen LogP contribution in [-0.4, -0.2) is 22.3 Å². The Morgan fingerprint density at radius 1 is 1.19 bits per heavy atom. The second kappa shape index (κ2) is 5.12. The summed E-state index contributed by atoms with van der Waals surface area (Å²) in [6.07, 6.45) is 4.67. The first-order valence-corrected chi connectivity index (χ1v) is 6.23. The molecule has 2 aliphatic rings. The van der Waals surface area contributed by atoms with Gasteiger partial charge in [0, 0.05) is 18.1 Å². The number of para-hydroxylation sites is 1. The van der Waals surface area contributed by atoms with E-state index in [1.54, 1.807) is 12.1 Å². The lowest BCUT2D eigenvalue weighted by atomic mass is 10.1. The largest absolute Gasteiger partial charge is 0.320 e. The summed E-state index contributed by atoms with van der Waals surface area (Å²) in [4.78, 5) is 21.9. The molecule has 0 atom stereocenters. The summed E-state index contributed by atoms with van der Waals surface area (Å²) in [6, 6.07) is 7.21. The van der Waals surface area contributed by atoms with Gasteiger partial charge in [0.15, 0.2) is 5.71 Å². The summed E-state index contributed by atoms with van der Waals surface area (Å²) < 4.78 is 0. The monoisotopic (exact) mass is 282 g/mol. The van der Waals surface area contributed by atoms with Gasteiger partial charge < -0.3 is 5.32 Å². The van der Waals surface area contributed by atoms with Crippen LogP contribution in [0.4, 0.5) is 5.69 Å². The molecule has 0 radical (unpaired) electrons. The predicted octanol–water partition coefficient (Wildman–Crippen LogP) is 1.90. The van der Waals surface area contributed by atoms with E-state index in [0.717, 1.165) is 0 Å². The van der Waals surface area contributed by atoms with E-state index >= 15 is 0 Å². The number of fused-ring (bicyclic) bond motifs is 1. The fourth-order valence-corrected chi connectivity index (χ4v) is 2.05. The van der Waals surface area contributed by atoms with Crippen LogP contribution in [0, 0.1) is 10.1 Å². The Kier molecular flexibility index (Phi) is 3.15. The van der Waals surface area contributed by atoms with Crippen LogP contribution in [0.2, 0.25) is 0 Å². The van der Waals surface area contributed by atoms with Gasteiger partial charge >= 0.3 is 0 Å². The van der Waals surface area contributed by atoms with E-state index in [0.29, 0.717) is 23.4 Å². The van der Waals surface area contributed by atoms with Gasteiger partial charge in [-0.1, -0.05) is 18.2 Å². The van der Waals surface area contributed by atoms with Crippen LogP contribution >= 0.6 is 0 Å². The zero-order valence-corrected chi connectivity index (χ0v) is 10.8. The molecule has 1 amide bonds. The summed E-state index contributed by atoms with van der Waals surface area (Å²) in [6.45, 7) is 0. The summed E-state index contributed by atoms with van der Waals surface area (Å²) in [5.74, 6) is -0.304.